The molecule has 2 rings (SSSR count). The van der Waals surface area contributed by atoms with Crippen molar-refractivity contribution >= 4 is 33.0 Å². The summed E-state index contributed by atoms with van der Waals surface area (Å²) in [6, 6.07) is 3.75. The van der Waals surface area contributed by atoms with E-state index in [4.69, 9.17) is 21.2 Å². The lowest BCUT2D eigenvalue weighted by Gasteiger charge is -2.15. The van der Waals surface area contributed by atoms with E-state index < -0.39 is 15.5 Å². The maximum atomic E-state index is 12.6. The van der Waals surface area contributed by atoms with Crippen LogP contribution in [0.5, 0.6) is 0 Å². The molecule has 0 aromatic heterocycles. The van der Waals surface area contributed by atoms with Crippen molar-refractivity contribution in [1.82, 2.24) is 0 Å². The quantitative estimate of drug-likeness (QED) is 0.542. The van der Waals surface area contributed by atoms with Crippen LogP contribution < -0.4 is 4.72 Å². The first kappa shape index (κ1) is 20.8. The van der Waals surface area contributed by atoms with E-state index in [1.54, 1.807) is 6.92 Å². The van der Waals surface area contributed by atoms with Gasteiger partial charge in [0.25, 0.3) is 0 Å². The molecular weight excluding hydrogens is 397 g/mol. The van der Waals surface area contributed by atoms with Gasteiger partial charge in [0.05, 0.1) is 17.5 Å². The highest BCUT2D eigenvalue weighted by atomic mass is 35.5. The fraction of sp³-hybridized carbons (Fsp3) is 0.533. The summed E-state index contributed by atoms with van der Waals surface area (Å²) in [6.07, 6.45) is 1.97. The lowest BCUT2D eigenvalue weighted by atomic mass is 10.1. The Kier molecular flexibility index (Phi) is 6.75. The number of alkyl halides is 3. The molecule has 26 heavy (non-hydrogen) atoms. The summed E-state index contributed by atoms with van der Waals surface area (Å²) in [4.78, 5) is 5.24. The third-order valence-electron chi connectivity index (χ3n) is 3.64. The first-order chi connectivity index (χ1) is 12.1. The summed E-state index contributed by atoms with van der Waals surface area (Å²) in [5, 5.41) is 4.15. The molecule has 1 heterocycles. The van der Waals surface area contributed by atoms with Gasteiger partial charge in [0.15, 0.2) is 0 Å². The van der Waals surface area contributed by atoms with Crippen molar-refractivity contribution in [2.75, 3.05) is 17.9 Å². The van der Waals surface area contributed by atoms with E-state index in [1.807, 2.05) is 0 Å². The number of benzene rings is 1. The first-order valence-electron chi connectivity index (χ1n) is 7.83. The van der Waals surface area contributed by atoms with Crippen molar-refractivity contribution in [3.63, 3.8) is 0 Å². The fourth-order valence-electron chi connectivity index (χ4n) is 2.33. The minimum Gasteiger partial charge on any atom is -0.393 e. The van der Waals surface area contributed by atoms with Gasteiger partial charge >= 0.3 is 15.5 Å². The highest BCUT2D eigenvalue weighted by molar-refractivity contribution is 7.93. The summed E-state index contributed by atoms with van der Waals surface area (Å²) in [5.74, 6) is 0. The molecule has 0 saturated carbocycles. The van der Waals surface area contributed by atoms with Crippen LogP contribution in [0, 0.1) is 0 Å². The third kappa shape index (κ3) is 5.24. The lowest BCUT2D eigenvalue weighted by Crippen LogP contribution is -2.30. The van der Waals surface area contributed by atoms with E-state index >= 15 is 0 Å². The number of nitrogens with one attached hydrogen (secondary N) is 1. The van der Waals surface area contributed by atoms with Gasteiger partial charge < -0.3 is 9.57 Å². The summed E-state index contributed by atoms with van der Waals surface area (Å²) in [5.41, 5.74) is -5.36. The Balaban J connectivity index is 2.26. The Morgan fingerprint density at radius 3 is 2.77 bits per heavy atom. The number of hydrogen-bond acceptors (Lipinski definition) is 5. The van der Waals surface area contributed by atoms with E-state index in [0.29, 0.717) is 6.61 Å². The lowest BCUT2D eigenvalue weighted by molar-refractivity contribution is -0.0429. The number of anilines is 1. The molecule has 0 amide bonds. The third-order valence-corrected chi connectivity index (χ3v) is 4.97. The zero-order valence-corrected chi connectivity index (χ0v) is 15.4. The van der Waals surface area contributed by atoms with E-state index in [0.717, 1.165) is 18.9 Å². The Hall–Kier alpha value is -1.52. The molecule has 1 aromatic carbocycles. The minimum absolute atomic E-state index is 0.0839. The second-order valence-corrected chi connectivity index (χ2v) is 7.67. The normalized spacial score (nSPS) is 18.8. The molecule has 1 aromatic rings. The van der Waals surface area contributed by atoms with Gasteiger partial charge in [-0.1, -0.05) is 23.7 Å². The maximum absolute atomic E-state index is 12.6. The van der Waals surface area contributed by atoms with Crippen molar-refractivity contribution in [2.45, 2.75) is 37.8 Å². The number of hydrogen-bond donors (Lipinski definition) is 1. The van der Waals surface area contributed by atoms with Crippen LogP contribution >= 0.6 is 11.6 Å². The van der Waals surface area contributed by atoms with Crippen molar-refractivity contribution in [3.8, 4) is 0 Å². The molecular formula is C15H18ClF3N2O4S. The molecule has 1 aliphatic rings. The average Bonchev–Trinajstić information content (AvgIpc) is 3.05. The van der Waals surface area contributed by atoms with Crippen molar-refractivity contribution < 1.29 is 31.2 Å². The predicted molar refractivity (Wildman–Crippen MR) is 91.8 cm³/mol. The van der Waals surface area contributed by atoms with Crippen LogP contribution in [0.3, 0.4) is 0 Å². The van der Waals surface area contributed by atoms with Crippen molar-refractivity contribution in [3.05, 3.63) is 28.8 Å². The molecule has 1 fully saturated rings. The monoisotopic (exact) mass is 414 g/mol. The molecule has 146 valence electrons. The molecule has 1 aliphatic heterocycles. The minimum atomic E-state index is -5.57. The smallest absolute Gasteiger partial charge is 0.393 e. The molecule has 0 spiro atoms. The molecule has 1 saturated heterocycles. The van der Waals surface area contributed by atoms with Crippen LogP contribution in [0.2, 0.25) is 5.02 Å². The first-order valence-corrected chi connectivity index (χ1v) is 9.69. The fourth-order valence-corrected chi connectivity index (χ4v) is 3.08. The van der Waals surface area contributed by atoms with Gasteiger partial charge in [-0.05, 0) is 37.5 Å². The zero-order valence-electron chi connectivity index (χ0n) is 13.8. The molecule has 11 heteroatoms. The van der Waals surface area contributed by atoms with E-state index in [2.05, 4.69) is 5.16 Å². The van der Waals surface area contributed by atoms with Crippen molar-refractivity contribution in [1.29, 1.82) is 0 Å². The number of halogens is 4. The summed E-state index contributed by atoms with van der Waals surface area (Å²) in [7, 11) is -5.57. The Morgan fingerprint density at radius 2 is 2.19 bits per heavy atom. The Bertz CT molecular complexity index is 763. The predicted octanol–water partition coefficient (Wildman–Crippen LogP) is 3.91. The van der Waals surface area contributed by atoms with Crippen LogP contribution in [0.25, 0.3) is 0 Å². The van der Waals surface area contributed by atoms with Crippen LogP contribution in [0.15, 0.2) is 23.4 Å². The summed E-state index contributed by atoms with van der Waals surface area (Å²) < 4.78 is 67.6. The summed E-state index contributed by atoms with van der Waals surface area (Å²) in [6.45, 7) is 2.56. The van der Waals surface area contributed by atoms with Gasteiger partial charge in [0, 0.05) is 17.2 Å². The highest BCUT2D eigenvalue weighted by Crippen LogP contribution is 2.29. The zero-order chi connectivity index (χ0) is 19.4. The number of nitrogens with zero attached hydrogens (tertiary/aromatic N) is 1. The van der Waals surface area contributed by atoms with Gasteiger partial charge in [-0.2, -0.15) is 21.6 Å². The Labute approximate surface area is 154 Å². The van der Waals surface area contributed by atoms with E-state index in [1.165, 1.54) is 16.9 Å². The maximum Gasteiger partial charge on any atom is 0.516 e. The number of rotatable bonds is 7. The van der Waals surface area contributed by atoms with Crippen molar-refractivity contribution in [2.24, 2.45) is 5.16 Å². The van der Waals surface area contributed by atoms with Crippen LogP contribution in [0.4, 0.5) is 18.9 Å². The molecule has 1 atom stereocenters. The number of sulfonamides is 1. The van der Waals surface area contributed by atoms with Gasteiger partial charge in [0.2, 0.25) is 0 Å². The standard InChI is InChI=1S/C15H18ClF3N2O4S/c1-2-13(20-25-9-11-4-3-7-24-11)12-8-10(16)5-6-14(12)21-26(22,23)15(17,18)19/h5-6,8,11,21H,2-4,7,9H2,1H3. The average molecular weight is 415 g/mol. The largest absolute Gasteiger partial charge is 0.516 e. The number of oxime groups is 1. The SMILES string of the molecule is CCC(=NOCC1CCCO1)c1cc(Cl)ccc1NS(=O)(=O)C(F)(F)F. The molecule has 0 radical (unpaired) electrons. The molecule has 1 N–H and O–H groups in total. The second kappa shape index (κ2) is 8.45. The van der Waals surface area contributed by atoms with Gasteiger partial charge in [0.1, 0.15) is 6.61 Å². The highest BCUT2D eigenvalue weighted by Gasteiger charge is 2.46. The van der Waals surface area contributed by atoms with Gasteiger partial charge in [-0.3, -0.25) is 4.72 Å². The van der Waals surface area contributed by atoms with Crippen LogP contribution in [-0.4, -0.2) is 39.0 Å². The van der Waals surface area contributed by atoms with Crippen LogP contribution in [0.1, 0.15) is 31.7 Å². The summed E-state index contributed by atoms with van der Waals surface area (Å²) >= 11 is 5.90. The van der Waals surface area contributed by atoms with Crippen LogP contribution in [-0.2, 0) is 19.6 Å². The van der Waals surface area contributed by atoms with Gasteiger partial charge in [-0.15, -0.1) is 0 Å². The molecule has 0 bridgehead atoms. The topological polar surface area (TPSA) is 77.0 Å². The molecule has 0 aliphatic carbocycles. The van der Waals surface area contributed by atoms with E-state index in [9.17, 15) is 21.6 Å². The van der Waals surface area contributed by atoms with E-state index in [-0.39, 0.29) is 41.1 Å². The Morgan fingerprint density at radius 1 is 1.46 bits per heavy atom. The molecule has 6 nitrogen and oxygen atoms in total. The number of ether oxygens (including phenoxy) is 1. The van der Waals surface area contributed by atoms with Gasteiger partial charge in [-0.25, -0.2) is 0 Å². The second-order valence-electron chi connectivity index (χ2n) is 5.56. The molecule has 1 unspecified atom stereocenters.